The van der Waals surface area contributed by atoms with Gasteiger partial charge in [-0.05, 0) is 24.3 Å². The Bertz CT molecular complexity index is 885. The van der Waals surface area contributed by atoms with Crippen LogP contribution in [-0.4, -0.2) is 37.1 Å². The van der Waals surface area contributed by atoms with Crippen LogP contribution >= 0.6 is 0 Å². The van der Waals surface area contributed by atoms with Crippen LogP contribution in [0, 0.1) is 21.4 Å². The zero-order valence-corrected chi connectivity index (χ0v) is 13.8. The third-order valence-electron chi connectivity index (χ3n) is 4.04. The number of carbonyl (C=O) groups excluding carboxylic acids is 1. The highest BCUT2D eigenvalue weighted by Crippen LogP contribution is 2.27. The maximum Gasteiger partial charge on any atom is 0.270 e. The van der Waals surface area contributed by atoms with E-state index in [0.717, 1.165) is 0 Å². The van der Waals surface area contributed by atoms with Gasteiger partial charge in [0, 0.05) is 30.9 Å². The lowest BCUT2D eigenvalue weighted by Crippen LogP contribution is -2.37. The predicted octanol–water partition coefficient (Wildman–Crippen LogP) is 2.56. The average molecular weight is 352 g/mol. The minimum absolute atomic E-state index is 0.155. The highest BCUT2D eigenvalue weighted by molar-refractivity contribution is 6.08. The topological polar surface area (TPSA) is 108 Å². The number of hydrogen-bond donors (Lipinski definition) is 1. The molecular weight excluding hydrogens is 336 g/mol. The molecular formula is C18H16N4O4. The summed E-state index contributed by atoms with van der Waals surface area (Å²) in [5.74, 6) is -0.467. The molecule has 2 aromatic rings. The van der Waals surface area contributed by atoms with Crippen molar-refractivity contribution in [1.82, 2.24) is 0 Å². The van der Waals surface area contributed by atoms with Gasteiger partial charge in [-0.3, -0.25) is 14.9 Å². The maximum atomic E-state index is 12.8. The van der Waals surface area contributed by atoms with Crippen LogP contribution in [0.1, 0.15) is 15.9 Å². The molecule has 0 spiro atoms. The normalized spacial score (nSPS) is 13.7. The Labute approximate surface area is 149 Å². The molecule has 0 bridgehead atoms. The summed E-state index contributed by atoms with van der Waals surface area (Å²) in [6.07, 6.45) is 0. The molecule has 1 N–H and O–H groups in total. The van der Waals surface area contributed by atoms with Gasteiger partial charge in [-0.15, -0.1) is 0 Å². The second-order valence-corrected chi connectivity index (χ2v) is 5.70. The van der Waals surface area contributed by atoms with Gasteiger partial charge in [0.2, 0.25) is 0 Å². The largest absolute Gasteiger partial charge is 0.378 e. The van der Waals surface area contributed by atoms with Crippen LogP contribution in [0.25, 0.3) is 0 Å². The molecule has 1 fully saturated rings. The summed E-state index contributed by atoms with van der Waals surface area (Å²) in [5.41, 5.74) is 1.54. The Hall–Kier alpha value is -3.44. The standard InChI is InChI=1S/C18H16N4O4/c19-12-13-2-1-3-14(10-13)20-18(23)16-11-15(22(24)25)4-5-17(16)21-6-8-26-9-7-21/h1-5,10-11H,6-9H2,(H,20,23). The molecule has 1 amide bonds. The van der Waals surface area contributed by atoms with Gasteiger partial charge < -0.3 is 15.0 Å². The number of benzene rings is 2. The van der Waals surface area contributed by atoms with E-state index in [9.17, 15) is 14.9 Å². The van der Waals surface area contributed by atoms with E-state index in [1.165, 1.54) is 12.1 Å². The Morgan fingerprint density at radius 2 is 2.00 bits per heavy atom. The van der Waals surface area contributed by atoms with E-state index in [2.05, 4.69) is 5.32 Å². The van der Waals surface area contributed by atoms with Crippen LogP contribution in [0.15, 0.2) is 42.5 Å². The van der Waals surface area contributed by atoms with Crippen molar-refractivity contribution in [2.24, 2.45) is 0 Å². The molecule has 1 aliphatic rings. The van der Waals surface area contributed by atoms with Crippen molar-refractivity contribution in [3.05, 3.63) is 63.7 Å². The lowest BCUT2D eigenvalue weighted by atomic mass is 10.1. The minimum Gasteiger partial charge on any atom is -0.378 e. The minimum atomic E-state index is -0.532. The Morgan fingerprint density at radius 1 is 1.23 bits per heavy atom. The van der Waals surface area contributed by atoms with Crippen LogP contribution in [-0.2, 0) is 4.74 Å². The fourth-order valence-electron chi connectivity index (χ4n) is 2.76. The first-order valence-electron chi connectivity index (χ1n) is 8.01. The predicted molar refractivity (Wildman–Crippen MR) is 95.2 cm³/mol. The number of nitriles is 1. The van der Waals surface area contributed by atoms with E-state index in [-0.39, 0.29) is 11.3 Å². The number of nitro groups is 1. The molecule has 1 saturated heterocycles. The number of hydrogen-bond acceptors (Lipinski definition) is 6. The fourth-order valence-corrected chi connectivity index (χ4v) is 2.76. The Balaban J connectivity index is 1.94. The number of rotatable bonds is 4. The van der Waals surface area contributed by atoms with Crippen LogP contribution in [0.4, 0.5) is 17.1 Å². The lowest BCUT2D eigenvalue weighted by molar-refractivity contribution is -0.384. The van der Waals surface area contributed by atoms with Gasteiger partial charge in [0.25, 0.3) is 11.6 Å². The number of amides is 1. The Morgan fingerprint density at radius 3 is 2.69 bits per heavy atom. The van der Waals surface area contributed by atoms with Gasteiger partial charge in [-0.2, -0.15) is 5.26 Å². The van der Waals surface area contributed by atoms with E-state index in [0.29, 0.717) is 43.2 Å². The van der Waals surface area contributed by atoms with Crippen molar-refractivity contribution in [3.63, 3.8) is 0 Å². The molecule has 1 heterocycles. The summed E-state index contributed by atoms with van der Waals surface area (Å²) in [5, 5.41) is 22.8. The second kappa shape index (κ2) is 7.63. The Kier molecular flexibility index (Phi) is 5.10. The number of morpholine rings is 1. The number of anilines is 2. The van der Waals surface area contributed by atoms with Crippen molar-refractivity contribution in [2.75, 3.05) is 36.5 Å². The summed E-state index contributed by atoms with van der Waals surface area (Å²) in [7, 11) is 0. The molecule has 0 saturated carbocycles. The summed E-state index contributed by atoms with van der Waals surface area (Å²) in [6.45, 7) is 2.26. The molecule has 2 aromatic carbocycles. The third-order valence-corrected chi connectivity index (χ3v) is 4.04. The van der Waals surface area contributed by atoms with Crippen molar-refractivity contribution in [2.45, 2.75) is 0 Å². The van der Waals surface area contributed by atoms with E-state index >= 15 is 0 Å². The maximum absolute atomic E-state index is 12.8. The number of ether oxygens (including phenoxy) is 1. The highest BCUT2D eigenvalue weighted by Gasteiger charge is 2.22. The number of carbonyl (C=O) groups is 1. The molecule has 8 heteroatoms. The summed E-state index contributed by atoms with van der Waals surface area (Å²) >= 11 is 0. The van der Waals surface area contributed by atoms with Gasteiger partial charge in [0.05, 0.1) is 41.0 Å². The lowest BCUT2D eigenvalue weighted by Gasteiger charge is -2.30. The van der Waals surface area contributed by atoms with Crippen molar-refractivity contribution in [3.8, 4) is 6.07 Å². The third kappa shape index (κ3) is 3.79. The van der Waals surface area contributed by atoms with Crippen LogP contribution < -0.4 is 10.2 Å². The van der Waals surface area contributed by atoms with Gasteiger partial charge in [-0.25, -0.2) is 0 Å². The molecule has 26 heavy (non-hydrogen) atoms. The first kappa shape index (κ1) is 17.4. The zero-order chi connectivity index (χ0) is 18.5. The summed E-state index contributed by atoms with van der Waals surface area (Å²) < 4.78 is 5.32. The smallest absolute Gasteiger partial charge is 0.270 e. The quantitative estimate of drug-likeness (QED) is 0.669. The molecule has 132 valence electrons. The second-order valence-electron chi connectivity index (χ2n) is 5.70. The molecule has 8 nitrogen and oxygen atoms in total. The molecule has 0 atom stereocenters. The van der Waals surface area contributed by atoms with Crippen molar-refractivity contribution >= 4 is 23.0 Å². The number of nitrogens with zero attached hydrogens (tertiary/aromatic N) is 3. The molecule has 1 aliphatic heterocycles. The van der Waals surface area contributed by atoms with Gasteiger partial charge in [0.1, 0.15) is 0 Å². The molecule has 3 rings (SSSR count). The van der Waals surface area contributed by atoms with E-state index in [4.69, 9.17) is 10.00 Å². The number of nitrogens with one attached hydrogen (secondary N) is 1. The van der Waals surface area contributed by atoms with Crippen LogP contribution in [0.5, 0.6) is 0 Å². The molecule has 0 unspecified atom stereocenters. The zero-order valence-electron chi connectivity index (χ0n) is 13.8. The average Bonchev–Trinajstić information content (AvgIpc) is 2.68. The summed E-state index contributed by atoms with van der Waals surface area (Å²) in [6, 6.07) is 12.7. The first-order valence-corrected chi connectivity index (χ1v) is 8.01. The summed E-state index contributed by atoms with van der Waals surface area (Å²) in [4.78, 5) is 25.3. The van der Waals surface area contributed by atoms with Gasteiger partial charge in [0.15, 0.2) is 0 Å². The van der Waals surface area contributed by atoms with Crippen molar-refractivity contribution in [1.29, 1.82) is 5.26 Å². The van der Waals surface area contributed by atoms with E-state index in [1.54, 1.807) is 30.3 Å². The van der Waals surface area contributed by atoms with Gasteiger partial charge in [-0.1, -0.05) is 6.07 Å². The number of nitro benzene ring substituents is 1. The SMILES string of the molecule is N#Cc1cccc(NC(=O)c2cc([N+](=O)[O-])ccc2N2CCOCC2)c1. The van der Waals surface area contributed by atoms with Gasteiger partial charge >= 0.3 is 0 Å². The monoisotopic (exact) mass is 352 g/mol. The number of non-ortho nitro benzene ring substituents is 1. The first-order chi connectivity index (χ1) is 12.6. The molecule has 0 aromatic heterocycles. The molecule has 0 radical (unpaired) electrons. The van der Waals surface area contributed by atoms with E-state index < -0.39 is 10.8 Å². The highest BCUT2D eigenvalue weighted by atomic mass is 16.6. The van der Waals surface area contributed by atoms with Crippen LogP contribution in [0.3, 0.4) is 0 Å². The fraction of sp³-hybridized carbons (Fsp3) is 0.222. The van der Waals surface area contributed by atoms with Crippen molar-refractivity contribution < 1.29 is 14.5 Å². The van der Waals surface area contributed by atoms with E-state index in [1.807, 2.05) is 11.0 Å². The molecule has 0 aliphatic carbocycles. The van der Waals surface area contributed by atoms with Crippen LogP contribution in [0.2, 0.25) is 0 Å².